The van der Waals surface area contributed by atoms with Gasteiger partial charge in [-0.25, -0.2) is 0 Å². The molecule has 1 heteroatoms. The molecule has 1 aliphatic carbocycles. The van der Waals surface area contributed by atoms with Crippen molar-refractivity contribution in [1.82, 2.24) is 0 Å². The van der Waals surface area contributed by atoms with Crippen LogP contribution in [-0.2, 0) is 12.8 Å². The van der Waals surface area contributed by atoms with Gasteiger partial charge in [0.1, 0.15) is 0 Å². The highest BCUT2D eigenvalue weighted by Crippen LogP contribution is 2.44. The van der Waals surface area contributed by atoms with Crippen LogP contribution in [0.15, 0.2) is 60.7 Å². The molecule has 0 saturated heterocycles. The molecular weight excluding hydrogens is 271 g/mol. The standard InChI is InChI=1S/C20H25P/c21-20(16-18-11-5-2-6-12-18)14-8-7-13-19(20)15-17-9-3-1-4-10-17/h1-6,9-12,19H,7-8,13-16,21H2. The number of hydrogen-bond donors (Lipinski definition) is 0. The molecular formula is C20H25P. The normalized spacial score (nSPS) is 25.7. The largest absolute Gasteiger partial charge is 0.130 e. The Labute approximate surface area is 131 Å². The Bertz CT molecular complexity index is 549. The SMILES string of the molecule is PC1(Cc2ccccc2)CCCCC1Cc1ccccc1. The molecule has 0 heterocycles. The maximum Gasteiger partial charge on any atom is -0.00786 e. The summed E-state index contributed by atoms with van der Waals surface area (Å²) >= 11 is 0. The fourth-order valence-corrected chi connectivity index (χ4v) is 4.47. The van der Waals surface area contributed by atoms with Crippen LogP contribution in [0.4, 0.5) is 0 Å². The molecule has 1 saturated carbocycles. The van der Waals surface area contributed by atoms with Crippen LogP contribution in [0.25, 0.3) is 0 Å². The van der Waals surface area contributed by atoms with Crippen LogP contribution in [0, 0.1) is 5.92 Å². The van der Waals surface area contributed by atoms with Gasteiger partial charge in [-0.2, -0.15) is 0 Å². The maximum absolute atomic E-state index is 3.25. The predicted octanol–water partition coefficient (Wildman–Crippen LogP) is 5.28. The zero-order chi connectivity index (χ0) is 14.5. The van der Waals surface area contributed by atoms with Gasteiger partial charge in [-0.3, -0.25) is 0 Å². The first-order chi connectivity index (χ1) is 10.3. The first kappa shape index (κ1) is 14.8. The molecule has 110 valence electrons. The lowest BCUT2D eigenvalue weighted by Crippen LogP contribution is -2.38. The van der Waals surface area contributed by atoms with E-state index in [0.717, 1.165) is 5.92 Å². The molecule has 2 aromatic rings. The monoisotopic (exact) mass is 296 g/mol. The molecule has 3 atom stereocenters. The summed E-state index contributed by atoms with van der Waals surface area (Å²) in [4.78, 5) is 0. The molecule has 0 aliphatic heterocycles. The first-order valence-corrected chi connectivity index (χ1v) is 8.71. The molecule has 21 heavy (non-hydrogen) atoms. The molecule has 0 aromatic heterocycles. The van der Waals surface area contributed by atoms with Gasteiger partial charge >= 0.3 is 0 Å². The van der Waals surface area contributed by atoms with E-state index < -0.39 is 0 Å². The smallest absolute Gasteiger partial charge is 0.00786 e. The molecule has 0 spiro atoms. The lowest BCUT2D eigenvalue weighted by molar-refractivity contribution is 0.268. The van der Waals surface area contributed by atoms with E-state index in [0.29, 0.717) is 5.16 Å². The quantitative estimate of drug-likeness (QED) is 0.674. The summed E-state index contributed by atoms with van der Waals surface area (Å²) in [6.45, 7) is 0. The highest BCUT2D eigenvalue weighted by atomic mass is 31.0. The van der Waals surface area contributed by atoms with Crippen LogP contribution in [0.3, 0.4) is 0 Å². The highest BCUT2D eigenvalue weighted by Gasteiger charge is 2.36. The van der Waals surface area contributed by atoms with Gasteiger partial charge in [-0.1, -0.05) is 73.5 Å². The minimum absolute atomic E-state index is 0.370. The Kier molecular flexibility index (Phi) is 4.76. The fourth-order valence-electron chi connectivity index (χ4n) is 3.75. The number of benzene rings is 2. The third kappa shape index (κ3) is 3.74. The molecule has 0 bridgehead atoms. The third-order valence-corrected chi connectivity index (χ3v) is 5.92. The van der Waals surface area contributed by atoms with Gasteiger partial charge in [-0.15, -0.1) is 9.24 Å². The van der Waals surface area contributed by atoms with E-state index in [9.17, 15) is 0 Å². The van der Waals surface area contributed by atoms with Crippen molar-refractivity contribution in [3.63, 3.8) is 0 Å². The maximum atomic E-state index is 3.25. The van der Waals surface area contributed by atoms with Crippen molar-refractivity contribution in [3.8, 4) is 0 Å². The summed E-state index contributed by atoms with van der Waals surface area (Å²) < 4.78 is 0. The van der Waals surface area contributed by atoms with E-state index in [4.69, 9.17) is 0 Å². The van der Waals surface area contributed by atoms with Crippen molar-refractivity contribution in [2.45, 2.75) is 43.7 Å². The number of hydrogen-bond acceptors (Lipinski definition) is 0. The average Bonchev–Trinajstić information content (AvgIpc) is 2.52. The van der Waals surface area contributed by atoms with E-state index in [2.05, 4.69) is 69.9 Å². The van der Waals surface area contributed by atoms with Gasteiger partial charge in [0.25, 0.3) is 0 Å². The van der Waals surface area contributed by atoms with Crippen molar-refractivity contribution in [3.05, 3.63) is 71.8 Å². The topological polar surface area (TPSA) is 0 Å². The Balaban J connectivity index is 1.77. The van der Waals surface area contributed by atoms with Crippen LogP contribution >= 0.6 is 9.24 Å². The molecule has 1 fully saturated rings. The second-order valence-corrected chi connectivity index (χ2v) is 7.68. The fraction of sp³-hybridized carbons (Fsp3) is 0.400. The summed E-state index contributed by atoms with van der Waals surface area (Å²) in [5.74, 6) is 0.777. The van der Waals surface area contributed by atoms with Crippen LogP contribution in [0.2, 0.25) is 0 Å². The van der Waals surface area contributed by atoms with E-state index in [1.54, 1.807) is 0 Å². The lowest BCUT2D eigenvalue weighted by Gasteiger charge is -2.42. The summed E-state index contributed by atoms with van der Waals surface area (Å²) in [6, 6.07) is 22.0. The van der Waals surface area contributed by atoms with Crippen molar-refractivity contribution in [2.24, 2.45) is 5.92 Å². The molecule has 0 radical (unpaired) electrons. The summed E-state index contributed by atoms with van der Waals surface area (Å²) in [5, 5.41) is 0.370. The van der Waals surface area contributed by atoms with Crippen molar-refractivity contribution in [2.75, 3.05) is 0 Å². The van der Waals surface area contributed by atoms with E-state index in [1.807, 2.05) is 0 Å². The van der Waals surface area contributed by atoms with Crippen LogP contribution in [0.1, 0.15) is 36.8 Å². The van der Waals surface area contributed by atoms with Gasteiger partial charge in [0.05, 0.1) is 0 Å². The van der Waals surface area contributed by atoms with Crippen molar-refractivity contribution < 1.29 is 0 Å². The second-order valence-electron chi connectivity index (χ2n) is 6.53. The van der Waals surface area contributed by atoms with Crippen molar-refractivity contribution in [1.29, 1.82) is 0 Å². The minimum Gasteiger partial charge on any atom is -0.130 e. The molecule has 2 aromatic carbocycles. The summed E-state index contributed by atoms with van der Waals surface area (Å²) in [7, 11) is 3.25. The summed E-state index contributed by atoms with van der Waals surface area (Å²) in [6.07, 6.45) is 7.88. The summed E-state index contributed by atoms with van der Waals surface area (Å²) in [5.41, 5.74) is 2.97. The van der Waals surface area contributed by atoms with E-state index in [-0.39, 0.29) is 0 Å². The average molecular weight is 296 g/mol. The minimum atomic E-state index is 0.370. The number of rotatable bonds is 4. The third-order valence-electron chi connectivity index (χ3n) is 4.96. The van der Waals surface area contributed by atoms with Crippen molar-refractivity contribution >= 4 is 9.24 Å². The zero-order valence-corrected chi connectivity index (χ0v) is 13.8. The Morgan fingerprint density at radius 3 is 2.14 bits per heavy atom. The molecule has 3 rings (SSSR count). The Morgan fingerprint density at radius 1 is 0.857 bits per heavy atom. The van der Waals surface area contributed by atoms with E-state index in [1.165, 1.54) is 49.7 Å². The second kappa shape index (κ2) is 6.75. The van der Waals surface area contributed by atoms with Gasteiger partial charge < -0.3 is 0 Å². The van der Waals surface area contributed by atoms with Crippen LogP contribution < -0.4 is 0 Å². The van der Waals surface area contributed by atoms with E-state index >= 15 is 0 Å². The first-order valence-electron chi connectivity index (χ1n) is 8.13. The Morgan fingerprint density at radius 2 is 1.48 bits per heavy atom. The molecule has 1 aliphatic rings. The highest BCUT2D eigenvalue weighted by molar-refractivity contribution is 7.19. The molecule has 0 N–H and O–H groups in total. The van der Waals surface area contributed by atoms with Gasteiger partial charge in [-0.05, 0) is 47.9 Å². The zero-order valence-electron chi connectivity index (χ0n) is 12.7. The molecule has 0 nitrogen and oxygen atoms in total. The van der Waals surface area contributed by atoms with Crippen LogP contribution in [-0.4, -0.2) is 5.16 Å². The lowest BCUT2D eigenvalue weighted by atomic mass is 9.72. The molecule has 3 unspecified atom stereocenters. The van der Waals surface area contributed by atoms with Gasteiger partial charge in [0.15, 0.2) is 0 Å². The van der Waals surface area contributed by atoms with Gasteiger partial charge in [0.2, 0.25) is 0 Å². The molecule has 0 amide bonds. The Hall–Kier alpha value is -1.13. The van der Waals surface area contributed by atoms with Crippen LogP contribution in [0.5, 0.6) is 0 Å². The van der Waals surface area contributed by atoms with Gasteiger partial charge in [0, 0.05) is 0 Å². The predicted molar refractivity (Wildman–Crippen MR) is 94.7 cm³/mol.